The Labute approximate surface area is 165 Å². The number of piperazine rings is 1. The number of anilines is 2. The largest absolute Gasteiger partial charge is 0.388 e. The maximum Gasteiger partial charge on any atom is 0.241 e. The molecule has 1 aromatic heterocycles. The van der Waals surface area contributed by atoms with Gasteiger partial charge in [-0.1, -0.05) is 30.3 Å². The van der Waals surface area contributed by atoms with E-state index in [1.165, 1.54) is 0 Å². The lowest BCUT2D eigenvalue weighted by Crippen LogP contribution is -2.48. The van der Waals surface area contributed by atoms with E-state index in [4.69, 9.17) is 0 Å². The topological polar surface area (TPSA) is 72.8 Å². The van der Waals surface area contributed by atoms with Crippen LogP contribution in [0.25, 0.3) is 0 Å². The lowest BCUT2D eigenvalue weighted by molar-refractivity contribution is -0.129. The quantitative estimate of drug-likeness (QED) is 0.852. The highest BCUT2D eigenvalue weighted by molar-refractivity contribution is 5.82. The van der Waals surface area contributed by atoms with E-state index in [0.717, 1.165) is 43.1 Å². The molecule has 3 heterocycles. The van der Waals surface area contributed by atoms with Crippen LogP contribution in [-0.2, 0) is 4.79 Å². The molecule has 0 radical (unpaired) electrons. The van der Waals surface area contributed by atoms with Gasteiger partial charge in [-0.2, -0.15) is 0 Å². The SMILES string of the molecule is CN1CCN(c2cc(N3CCCC3CC(O)c3ccccc3)ncn2)CC1=O. The van der Waals surface area contributed by atoms with Crippen molar-refractivity contribution in [2.24, 2.45) is 0 Å². The second-order valence-corrected chi connectivity index (χ2v) is 7.62. The lowest BCUT2D eigenvalue weighted by Gasteiger charge is -2.33. The number of carbonyl (C=O) groups is 1. The van der Waals surface area contributed by atoms with Crippen molar-refractivity contribution in [3.8, 4) is 0 Å². The summed E-state index contributed by atoms with van der Waals surface area (Å²) in [5.74, 6) is 1.77. The fourth-order valence-electron chi connectivity index (χ4n) is 4.07. The van der Waals surface area contributed by atoms with Crippen LogP contribution in [0.15, 0.2) is 42.7 Å². The first-order chi connectivity index (χ1) is 13.6. The van der Waals surface area contributed by atoms with E-state index in [0.29, 0.717) is 19.5 Å². The van der Waals surface area contributed by atoms with Crippen LogP contribution < -0.4 is 9.80 Å². The Hall–Kier alpha value is -2.67. The molecule has 7 heteroatoms. The molecular formula is C21H27N5O2. The van der Waals surface area contributed by atoms with E-state index < -0.39 is 6.10 Å². The van der Waals surface area contributed by atoms with E-state index in [-0.39, 0.29) is 11.9 Å². The monoisotopic (exact) mass is 381 g/mol. The number of amides is 1. The number of benzene rings is 1. The molecule has 1 amide bonds. The highest BCUT2D eigenvalue weighted by Crippen LogP contribution is 2.31. The van der Waals surface area contributed by atoms with E-state index in [9.17, 15) is 9.90 Å². The predicted molar refractivity (Wildman–Crippen MR) is 108 cm³/mol. The molecule has 4 rings (SSSR count). The van der Waals surface area contributed by atoms with Crippen molar-refractivity contribution in [2.45, 2.75) is 31.4 Å². The molecule has 1 N–H and O–H groups in total. The zero-order valence-electron chi connectivity index (χ0n) is 16.2. The van der Waals surface area contributed by atoms with E-state index >= 15 is 0 Å². The first kappa shape index (κ1) is 18.7. The minimum absolute atomic E-state index is 0.108. The lowest BCUT2D eigenvalue weighted by atomic mass is 10.0. The Balaban J connectivity index is 1.48. The van der Waals surface area contributed by atoms with Crippen LogP contribution in [0.5, 0.6) is 0 Å². The number of likely N-dealkylation sites (N-methyl/N-ethyl adjacent to an activating group) is 1. The summed E-state index contributed by atoms with van der Waals surface area (Å²) in [6.45, 7) is 2.75. The summed E-state index contributed by atoms with van der Waals surface area (Å²) in [6.07, 6.45) is 3.89. The fraction of sp³-hybridized carbons (Fsp3) is 0.476. The summed E-state index contributed by atoms with van der Waals surface area (Å²) in [5, 5.41) is 10.6. The number of aliphatic hydroxyl groups is 1. The number of carbonyl (C=O) groups excluding carboxylic acids is 1. The zero-order valence-corrected chi connectivity index (χ0v) is 16.2. The summed E-state index contributed by atoms with van der Waals surface area (Å²) >= 11 is 0. The van der Waals surface area contributed by atoms with Gasteiger partial charge in [0.25, 0.3) is 0 Å². The van der Waals surface area contributed by atoms with Crippen molar-refractivity contribution in [1.29, 1.82) is 0 Å². The molecule has 1 aromatic carbocycles. The molecule has 2 fully saturated rings. The van der Waals surface area contributed by atoms with Crippen molar-refractivity contribution < 1.29 is 9.90 Å². The van der Waals surface area contributed by atoms with Gasteiger partial charge in [-0.3, -0.25) is 4.79 Å². The summed E-state index contributed by atoms with van der Waals surface area (Å²) in [5.41, 5.74) is 0.952. The number of aromatic nitrogens is 2. The minimum atomic E-state index is -0.483. The molecule has 148 valence electrons. The number of hydrogen-bond donors (Lipinski definition) is 1. The van der Waals surface area contributed by atoms with Gasteiger partial charge in [0.15, 0.2) is 0 Å². The van der Waals surface area contributed by atoms with Crippen LogP contribution in [0, 0.1) is 0 Å². The van der Waals surface area contributed by atoms with Gasteiger partial charge in [-0.25, -0.2) is 9.97 Å². The number of hydrogen-bond acceptors (Lipinski definition) is 6. The number of rotatable bonds is 5. The molecule has 2 aromatic rings. The Bertz CT molecular complexity index is 815. The van der Waals surface area contributed by atoms with Gasteiger partial charge in [0.05, 0.1) is 12.6 Å². The Morgan fingerprint density at radius 1 is 1.14 bits per heavy atom. The molecule has 28 heavy (non-hydrogen) atoms. The second-order valence-electron chi connectivity index (χ2n) is 7.62. The molecule has 2 aliphatic heterocycles. The van der Waals surface area contributed by atoms with Crippen LogP contribution in [0.1, 0.15) is 30.9 Å². The third-order valence-corrected chi connectivity index (χ3v) is 5.77. The number of aliphatic hydroxyl groups excluding tert-OH is 1. The number of nitrogens with zero attached hydrogens (tertiary/aromatic N) is 5. The van der Waals surface area contributed by atoms with Crippen molar-refractivity contribution in [1.82, 2.24) is 14.9 Å². The smallest absolute Gasteiger partial charge is 0.241 e. The van der Waals surface area contributed by atoms with Gasteiger partial charge < -0.3 is 19.8 Å². The molecule has 2 saturated heterocycles. The van der Waals surface area contributed by atoms with Crippen molar-refractivity contribution in [3.05, 3.63) is 48.3 Å². The van der Waals surface area contributed by atoms with Gasteiger partial charge in [-0.15, -0.1) is 0 Å². The zero-order chi connectivity index (χ0) is 19.5. The van der Waals surface area contributed by atoms with Crippen LogP contribution in [0.2, 0.25) is 0 Å². The average Bonchev–Trinajstić information content (AvgIpc) is 3.19. The van der Waals surface area contributed by atoms with Crippen LogP contribution in [-0.4, -0.2) is 65.2 Å². The van der Waals surface area contributed by atoms with Gasteiger partial charge in [0, 0.05) is 38.8 Å². The molecular weight excluding hydrogens is 354 g/mol. The highest BCUT2D eigenvalue weighted by atomic mass is 16.3. The van der Waals surface area contributed by atoms with Crippen LogP contribution >= 0.6 is 0 Å². The molecule has 0 aliphatic carbocycles. The summed E-state index contributed by atoms with van der Waals surface area (Å²) in [4.78, 5) is 27.0. The normalized spacial score (nSPS) is 21.3. The highest BCUT2D eigenvalue weighted by Gasteiger charge is 2.29. The molecule has 2 aliphatic rings. The van der Waals surface area contributed by atoms with Crippen molar-refractivity contribution in [3.63, 3.8) is 0 Å². The molecule has 0 saturated carbocycles. The van der Waals surface area contributed by atoms with Crippen molar-refractivity contribution in [2.75, 3.05) is 43.0 Å². The molecule has 2 unspecified atom stereocenters. The first-order valence-electron chi connectivity index (χ1n) is 9.92. The predicted octanol–water partition coefficient (Wildman–Crippen LogP) is 1.85. The van der Waals surface area contributed by atoms with E-state index in [1.54, 1.807) is 11.2 Å². The van der Waals surface area contributed by atoms with Crippen LogP contribution in [0.3, 0.4) is 0 Å². The minimum Gasteiger partial charge on any atom is -0.388 e. The Morgan fingerprint density at radius 3 is 2.71 bits per heavy atom. The van der Waals surface area contributed by atoms with Gasteiger partial charge in [-0.05, 0) is 24.8 Å². The van der Waals surface area contributed by atoms with E-state index in [1.807, 2.05) is 48.3 Å². The average molecular weight is 381 g/mol. The second kappa shape index (κ2) is 8.14. The third-order valence-electron chi connectivity index (χ3n) is 5.77. The summed E-state index contributed by atoms with van der Waals surface area (Å²) in [6, 6.07) is 12.0. The van der Waals surface area contributed by atoms with Crippen molar-refractivity contribution >= 4 is 17.5 Å². The van der Waals surface area contributed by atoms with Gasteiger partial charge in [0.1, 0.15) is 18.0 Å². The first-order valence-corrected chi connectivity index (χ1v) is 9.92. The summed E-state index contributed by atoms with van der Waals surface area (Å²) < 4.78 is 0. The Kier molecular flexibility index (Phi) is 5.43. The maximum atomic E-state index is 12.0. The fourth-order valence-corrected chi connectivity index (χ4v) is 4.07. The van der Waals surface area contributed by atoms with E-state index in [2.05, 4.69) is 14.9 Å². The van der Waals surface area contributed by atoms with Gasteiger partial charge in [0.2, 0.25) is 5.91 Å². The standard InChI is InChI=1S/C21H27N5O2/c1-24-10-11-25(14-21(24)28)19-13-20(23-15-22-19)26-9-5-8-17(26)12-18(27)16-6-3-2-4-7-16/h2-4,6-7,13,15,17-18,27H,5,8-12,14H2,1H3. The summed E-state index contributed by atoms with van der Waals surface area (Å²) in [7, 11) is 1.83. The molecule has 0 bridgehead atoms. The Morgan fingerprint density at radius 2 is 1.93 bits per heavy atom. The maximum absolute atomic E-state index is 12.0. The molecule has 7 nitrogen and oxygen atoms in total. The molecule has 2 atom stereocenters. The van der Waals surface area contributed by atoms with Gasteiger partial charge >= 0.3 is 0 Å². The molecule has 0 spiro atoms. The van der Waals surface area contributed by atoms with Crippen LogP contribution in [0.4, 0.5) is 11.6 Å². The third kappa shape index (κ3) is 3.94.